The summed E-state index contributed by atoms with van der Waals surface area (Å²) in [5, 5.41) is 8.40. The van der Waals surface area contributed by atoms with Crippen LogP contribution in [0, 0.1) is 0 Å². The van der Waals surface area contributed by atoms with Gasteiger partial charge >= 0.3 is 0 Å². The smallest absolute Gasteiger partial charge is 0.173 e. The first-order chi connectivity index (χ1) is 5.62. The molecule has 5 heteroatoms. The van der Waals surface area contributed by atoms with Crippen LogP contribution in [0.2, 0.25) is 0 Å². The van der Waals surface area contributed by atoms with Gasteiger partial charge in [-0.3, -0.25) is 0 Å². The first-order valence-electron chi connectivity index (χ1n) is 4.01. The second-order valence-corrected chi connectivity index (χ2v) is 4.79. The Morgan fingerprint density at radius 2 is 2.00 bits per heavy atom. The van der Waals surface area contributed by atoms with Crippen molar-refractivity contribution in [1.29, 1.82) is 0 Å². The Bertz CT molecular complexity index is 186. The maximum absolute atomic E-state index is 10.9. The van der Waals surface area contributed by atoms with E-state index in [1.807, 2.05) is 0 Å². The van der Waals surface area contributed by atoms with Gasteiger partial charge in [-0.25, -0.2) is 8.42 Å². The van der Waals surface area contributed by atoms with Crippen LogP contribution in [-0.4, -0.2) is 38.4 Å². The summed E-state index contributed by atoms with van der Waals surface area (Å²) >= 11 is 0. The van der Waals surface area contributed by atoms with E-state index in [-0.39, 0.29) is 18.3 Å². The van der Waals surface area contributed by atoms with Crippen molar-refractivity contribution in [3.63, 3.8) is 0 Å². The number of aliphatic hydroxyl groups excluding tert-OH is 1. The maximum Gasteiger partial charge on any atom is 0.173 e. The highest BCUT2D eigenvalue weighted by Crippen LogP contribution is 1.93. The first-order valence-corrected chi connectivity index (χ1v) is 5.83. The van der Waals surface area contributed by atoms with Crippen LogP contribution in [0.1, 0.15) is 19.8 Å². The largest absolute Gasteiger partial charge is 0.396 e. The zero-order chi connectivity index (χ0) is 9.45. The summed E-state index contributed by atoms with van der Waals surface area (Å²) in [6.45, 7) is 2.12. The SMILES string of the molecule is CCS(=O)(=O)COCCCCO. The molecular weight excluding hydrogens is 180 g/mol. The lowest BCUT2D eigenvalue weighted by molar-refractivity contribution is 0.163. The summed E-state index contributed by atoms with van der Waals surface area (Å²) < 4.78 is 26.6. The Morgan fingerprint density at radius 3 is 2.50 bits per heavy atom. The average Bonchev–Trinajstić information content (AvgIpc) is 2.04. The number of sulfone groups is 1. The highest BCUT2D eigenvalue weighted by Gasteiger charge is 2.05. The normalized spacial score (nSPS) is 11.8. The molecule has 1 N–H and O–H groups in total. The lowest BCUT2D eigenvalue weighted by atomic mass is 10.3. The van der Waals surface area contributed by atoms with Gasteiger partial charge in [0.05, 0.1) is 0 Å². The van der Waals surface area contributed by atoms with Crippen molar-refractivity contribution in [2.45, 2.75) is 19.8 Å². The third kappa shape index (κ3) is 6.57. The third-order valence-electron chi connectivity index (χ3n) is 1.40. The molecule has 0 saturated carbocycles. The summed E-state index contributed by atoms with van der Waals surface area (Å²) in [5.74, 6) is -0.0814. The minimum atomic E-state index is -2.99. The summed E-state index contributed by atoms with van der Waals surface area (Å²) in [6, 6.07) is 0. The van der Waals surface area contributed by atoms with Crippen LogP contribution < -0.4 is 0 Å². The Morgan fingerprint density at radius 1 is 1.33 bits per heavy atom. The highest BCUT2D eigenvalue weighted by molar-refractivity contribution is 7.91. The molecule has 0 aliphatic carbocycles. The van der Waals surface area contributed by atoms with Gasteiger partial charge in [0, 0.05) is 19.0 Å². The van der Waals surface area contributed by atoms with Gasteiger partial charge in [-0.1, -0.05) is 6.92 Å². The second-order valence-electron chi connectivity index (χ2n) is 2.49. The van der Waals surface area contributed by atoms with Crippen LogP contribution >= 0.6 is 0 Å². The minimum absolute atomic E-state index is 0.118. The molecular formula is C7H16O4S. The molecule has 0 atom stereocenters. The van der Waals surface area contributed by atoms with E-state index >= 15 is 0 Å². The number of rotatable bonds is 7. The Kier molecular flexibility index (Phi) is 6.32. The third-order valence-corrected chi connectivity index (χ3v) is 2.80. The van der Waals surface area contributed by atoms with Crippen LogP contribution in [0.3, 0.4) is 0 Å². The van der Waals surface area contributed by atoms with E-state index in [4.69, 9.17) is 9.84 Å². The molecule has 12 heavy (non-hydrogen) atoms. The fraction of sp³-hybridized carbons (Fsp3) is 1.00. The molecule has 0 aliphatic rings. The van der Waals surface area contributed by atoms with Crippen LogP contribution in [0.4, 0.5) is 0 Å². The maximum atomic E-state index is 10.9. The van der Waals surface area contributed by atoms with Gasteiger partial charge in [0.25, 0.3) is 0 Å². The monoisotopic (exact) mass is 196 g/mol. The zero-order valence-electron chi connectivity index (χ0n) is 7.32. The molecule has 0 aliphatic heterocycles. The summed E-state index contributed by atoms with van der Waals surface area (Å²) in [5.41, 5.74) is 0. The molecule has 0 bridgehead atoms. The fourth-order valence-electron chi connectivity index (χ4n) is 0.585. The Balaban J connectivity index is 3.32. The van der Waals surface area contributed by atoms with Crippen molar-refractivity contribution < 1.29 is 18.3 Å². The topological polar surface area (TPSA) is 63.6 Å². The molecule has 4 nitrogen and oxygen atoms in total. The van der Waals surface area contributed by atoms with Crippen molar-refractivity contribution >= 4 is 9.84 Å². The quantitative estimate of drug-likeness (QED) is 0.589. The van der Waals surface area contributed by atoms with E-state index in [1.54, 1.807) is 6.92 Å². The van der Waals surface area contributed by atoms with Crippen LogP contribution in [-0.2, 0) is 14.6 Å². The molecule has 0 spiro atoms. The number of unbranched alkanes of at least 4 members (excludes halogenated alkanes) is 1. The summed E-state index contributed by atoms with van der Waals surface area (Å²) in [7, 11) is -2.99. The van der Waals surface area contributed by atoms with E-state index in [1.165, 1.54) is 0 Å². The van der Waals surface area contributed by atoms with Crippen LogP contribution in [0.5, 0.6) is 0 Å². The molecule has 0 heterocycles. The van der Waals surface area contributed by atoms with Gasteiger partial charge in [0.15, 0.2) is 9.84 Å². The lowest BCUT2D eigenvalue weighted by Crippen LogP contribution is -2.12. The molecule has 0 unspecified atom stereocenters. The molecule has 0 aromatic carbocycles. The lowest BCUT2D eigenvalue weighted by Gasteiger charge is -2.02. The van der Waals surface area contributed by atoms with E-state index in [0.29, 0.717) is 19.4 Å². The molecule has 74 valence electrons. The van der Waals surface area contributed by atoms with E-state index in [0.717, 1.165) is 0 Å². The fourth-order valence-corrected chi connectivity index (χ4v) is 1.12. The van der Waals surface area contributed by atoms with Gasteiger partial charge in [-0.15, -0.1) is 0 Å². The molecule has 0 aromatic rings. The minimum Gasteiger partial charge on any atom is -0.396 e. The standard InChI is InChI=1S/C7H16O4S/c1-2-12(9,10)7-11-6-4-3-5-8/h8H,2-7H2,1H3. The summed E-state index contributed by atoms with van der Waals surface area (Å²) in [4.78, 5) is 0. The molecule has 0 aromatic heterocycles. The first kappa shape index (κ1) is 11.9. The van der Waals surface area contributed by atoms with Crippen LogP contribution in [0.15, 0.2) is 0 Å². The summed E-state index contributed by atoms with van der Waals surface area (Å²) in [6.07, 6.45) is 1.36. The van der Waals surface area contributed by atoms with Crippen molar-refractivity contribution in [1.82, 2.24) is 0 Å². The molecule has 0 fully saturated rings. The molecule has 0 amide bonds. The van der Waals surface area contributed by atoms with Crippen molar-refractivity contribution in [3.05, 3.63) is 0 Å². The number of aliphatic hydroxyl groups is 1. The Labute approximate surface area is 73.5 Å². The van der Waals surface area contributed by atoms with Crippen molar-refractivity contribution in [2.24, 2.45) is 0 Å². The zero-order valence-corrected chi connectivity index (χ0v) is 8.14. The number of ether oxygens (including phenoxy) is 1. The van der Waals surface area contributed by atoms with Crippen molar-refractivity contribution in [2.75, 3.05) is 24.9 Å². The highest BCUT2D eigenvalue weighted by atomic mass is 32.2. The van der Waals surface area contributed by atoms with Crippen LogP contribution in [0.25, 0.3) is 0 Å². The second kappa shape index (κ2) is 6.39. The predicted molar refractivity (Wildman–Crippen MR) is 46.6 cm³/mol. The molecule has 0 saturated heterocycles. The van der Waals surface area contributed by atoms with Gasteiger partial charge in [-0.2, -0.15) is 0 Å². The average molecular weight is 196 g/mol. The predicted octanol–water partition coefficient (Wildman–Crippen LogP) is 0.168. The van der Waals surface area contributed by atoms with E-state index in [2.05, 4.69) is 0 Å². The number of hydrogen-bond donors (Lipinski definition) is 1. The number of hydrogen-bond acceptors (Lipinski definition) is 4. The van der Waals surface area contributed by atoms with Gasteiger partial charge in [0.2, 0.25) is 0 Å². The molecule has 0 radical (unpaired) electrons. The Hall–Kier alpha value is -0.130. The van der Waals surface area contributed by atoms with Crippen molar-refractivity contribution in [3.8, 4) is 0 Å². The van der Waals surface area contributed by atoms with E-state index in [9.17, 15) is 8.42 Å². The van der Waals surface area contributed by atoms with Gasteiger partial charge in [0.1, 0.15) is 5.94 Å². The molecule has 0 rings (SSSR count). The van der Waals surface area contributed by atoms with E-state index < -0.39 is 9.84 Å². The van der Waals surface area contributed by atoms with Gasteiger partial charge < -0.3 is 9.84 Å². The van der Waals surface area contributed by atoms with Gasteiger partial charge in [-0.05, 0) is 12.8 Å².